The highest BCUT2D eigenvalue weighted by Gasteiger charge is 2.47. The molecule has 34 heavy (non-hydrogen) atoms. The summed E-state index contributed by atoms with van der Waals surface area (Å²) in [5.74, 6) is 0.774. The van der Waals surface area contributed by atoms with Crippen LogP contribution in [-0.2, 0) is 0 Å². The molecule has 0 atom stereocenters. The summed E-state index contributed by atoms with van der Waals surface area (Å²) in [5, 5.41) is 5.34. The van der Waals surface area contributed by atoms with Gasteiger partial charge in [-0.3, -0.25) is 0 Å². The zero-order chi connectivity index (χ0) is 22.8. The predicted octanol–water partition coefficient (Wildman–Crippen LogP) is 5.48. The number of nitrogens with zero attached hydrogens (tertiary/aromatic N) is 2. The van der Waals surface area contributed by atoms with Gasteiger partial charge in [-0.05, 0) is 65.1 Å². The van der Waals surface area contributed by atoms with Crippen molar-refractivity contribution in [3.63, 3.8) is 0 Å². The van der Waals surface area contributed by atoms with E-state index in [9.17, 15) is 0 Å². The standard InChI is InChI=1S/C31H23N2P/c1-4-12-25(13-5-1)34(26-14-6-2-7-15-26,27-16-8-3-9-17-27)28-22-20-24(21-23-28)31-32-29-18-10-11-19-30(29)33-31/h1-23H. The van der Waals surface area contributed by atoms with E-state index in [2.05, 4.69) is 115 Å². The summed E-state index contributed by atoms with van der Waals surface area (Å²) in [5.41, 5.74) is 2.90. The lowest BCUT2D eigenvalue weighted by Crippen LogP contribution is -2.38. The highest BCUT2D eigenvalue weighted by Crippen LogP contribution is 2.54. The molecule has 0 aliphatic heterocycles. The molecule has 0 spiro atoms. The van der Waals surface area contributed by atoms with Gasteiger partial charge in [-0.1, -0.05) is 96.8 Å². The molecule has 1 heterocycles. The molecule has 0 fully saturated rings. The highest BCUT2D eigenvalue weighted by atomic mass is 31.2. The van der Waals surface area contributed by atoms with Gasteiger partial charge < -0.3 is 9.97 Å². The van der Waals surface area contributed by atoms with Crippen molar-refractivity contribution in [1.29, 1.82) is 0 Å². The monoisotopic (exact) mass is 454 g/mol. The van der Waals surface area contributed by atoms with Crippen molar-refractivity contribution >= 4 is 39.5 Å². The molecule has 0 saturated heterocycles. The zero-order valence-electron chi connectivity index (χ0n) is 18.6. The van der Waals surface area contributed by atoms with Gasteiger partial charge >= 0.3 is 0 Å². The molecule has 3 heteroatoms. The maximum Gasteiger partial charge on any atom is 0.144 e. The van der Waals surface area contributed by atoms with Crippen LogP contribution < -0.4 is 26.2 Å². The van der Waals surface area contributed by atoms with Crippen LogP contribution in [0.1, 0.15) is 0 Å². The lowest BCUT2D eigenvalue weighted by molar-refractivity contribution is 1.31. The first kappa shape index (κ1) is 20.6. The van der Waals surface area contributed by atoms with Gasteiger partial charge in [0.25, 0.3) is 0 Å². The van der Waals surface area contributed by atoms with Gasteiger partial charge in [-0.25, -0.2) is 0 Å². The Balaban J connectivity index is 1.57. The second kappa shape index (κ2) is 8.74. The lowest BCUT2D eigenvalue weighted by atomic mass is 10.2. The molecule has 0 N–H and O–H groups in total. The van der Waals surface area contributed by atoms with E-state index in [1.54, 1.807) is 0 Å². The van der Waals surface area contributed by atoms with Crippen LogP contribution in [0.3, 0.4) is 0 Å². The topological polar surface area (TPSA) is 27.0 Å². The number of fused-ring (bicyclic) bond motifs is 1. The van der Waals surface area contributed by atoms with Gasteiger partial charge in [0.2, 0.25) is 0 Å². The SMILES string of the molecule is c1ccc([P+](c2ccccc2)(c2ccccc2)c2ccc(-c3nc4ccccc4[n-]3)cc2)cc1. The first-order valence-electron chi connectivity index (χ1n) is 11.4. The number of benzene rings is 5. The van der Waals surface area contributed by atoms with Crippen LogP contribution in [0.15, 0.2) is 140 Å². The zero-order valence-corrected chi connectivity index (χ0v) is 19.5. The Morgan fingerprint density at radius 2 is 0.882 bits per heavy atom. The molecular formula is C31H23N2P. The van der Waals surface area contributed by atoms with E-state index < -0.39 is 7.26 Å². The highest BCUT2D eigenvalue weighted by molar-refractivity contribution is 8.01. The summed E-state index contributed by atoms with van der Waals surface area (Å²) < 4.78 is 0. The van der Waals surface area contributed by atoms with E-state index in [0.717, 1.165) is 22.4 Å². The van der Waals surface area contributed by atoms with Crippen LogP contribution >= 0.6 is 7.26 Å². The quantitative estimate of drug-likeness (QED) is 0.323. The smallest absolute Gasteiger partial charge is 0.144 e. The molecular weight excluding hydrogens is 431 g/mol. The van der Waals surface area contributed by atoms with Crippen molar-refractivity contribution in [2.75, 3.05) is 0 Å². The third kappa shape index (κ3) is 3.44. The number of para-hydroxylation sites is 2. The maximum absolute atomic E-state index is 4.75. The summed E-state index contributed by atoms with van der Waals surface area (Å²) in [6.45, 7) is 0. The molecule has 2 nitrogen and oxygen atoms in total. The van der Waals surface area contributed by atoms with E-state index >= 15 is 0 Å². The minimum atomic E-state index is -2.09. The average molecular weight is 455 g/mol. The predicted molar refractivity (Wildman–Crippen MR) is 145 cm³/mol. The number of aromatic nitrogens is 2. The van der Waals surface area contributed by atoms with E-state index in [4.69, 9.17) is 9.97 Å². The molecule has 0 saturated carbocycles. The van der Waals surface area contributed by atoms with Crippen LogP contribution in [0.2, 0.25) is 0 Å². The molecule has 0 aliphatic rings. The van der Waals surface area contributed by atoms with Gasteiger partial charge in [0.1, 0.15) is 28.5 Å². The van der Waals surface area contributed by atoms with E-state index in [1.165, 1.54) is 21.2 Å². The molecule has 5 aromatic carbocycles. The van der Waals surface area contributed by atoms with Gasteiger partial charge in [-0.2, -0.15) is 0 Å². The van der Waals surface area contributed by atoms with Crippen molar-refractivity contribution in [2.45, 2.75) is 0 Å². The molecule has 0 bridgehead atoms. The third-order valence-corrected chi connectivity index (χ3v) is 10.6. The Kier molecular flexibility index (Phi) is 5.30. The first-order valence-corrected chi connectivity index (χ1v) is 13.2. The van der Waals surface area contributed by atoms with Crippen LogP contribution in [0.25, 0.3) is 22.4 Å². The number of hydrogen-bond donors (Lipinski definition) is 0. The van der Waals surface area contributed by atoms with Crippen molar-refractivity contribution in [1.82, 2.24) is 9.97 Å². The fraction of sp³-hybridized carbons (Fsp3) is 0. The Morgan fingerprint density at radius 3 is 1.38 bits per heavy atom. The molecule has 6 aromatic rings. The minimum absolute atomic E-state index is 0.774. The molecule has 0 amide bonds. The van der Waals surface area contributed by atoms with Crippen molar-refractivity contribution in [3.8, 4) is 11.4 Å². The Hall–Kier alpha value is -4.00. The number of rotatable bonds is 5. The average Bonchev–Trinajstić information content (AvgIpc) is 3.36. The van der Waals surface area contributed by atoms with Gasteiger partial charge in [-0.15, -0.1) is 0 Å². The normalized spacial score (nSPS) is 11.5. The lowest BCUT2D eigenvalue weighted by Gasteiger charge is -2.27. The third-order valence-electron chi connectivity index (χ3n) is 6.28. The summed E-state index contributed by atoms with van der Waals surface area (Å²) in [4.78, 5) is 9.49. The summed E-state index contributed by atoms with van der Waals surface area (Å²) >= 11 is 0. The molecule has 6 rings (SSSR count). The van der Waals surface area contributed by atoms with E-state index in [-0.39, 0.29) is 0 Å². The molecule has 0 unspecified atom stereocenters. The largest absolute Gasteiger partial charge is 0.435 e. The van der Waals surface area contributed by atoms with Crippen molar-refractivity contribution < 1.29 is 0 Å². The van der Waals surface area contributed by atoms with E-state index in [0.29, 0.717) is 0 Å². The van der Waals surface area contributed by atoms with Crippen LogP contribution in [0.4, 0.5) is 0 Å². The van der Waals surface area contributed by atoms with Gasteiger partial charge in [0.05, 0.1) is 0 Å². The second-order valence-electron chi connectivity index (χ2n) is 8.26. The fourth-order valence-corrected chi connectivity index (χ4v) is 8.96. The van der Waals surface area contributed by atoms with Crippen molar-refractivity contribution in [2.24, 2.45) is 0 Å². The van der Waals surface area contributed by atoms with E-state index in [1.807, 2.05) is 24.3 Å². The summed E-state index contributed by atoms with van der Waals surface area (Å²) in [6, 6.07) is 49.7. The minimum Gasteiger partial charge on any atom is -0.435 e. The van der Waals surface area contributed by atoms with Crippen LogP contribution in [0, 0.1) is 0 Å². The number of imidazole rings is 1. The summed E-state index contributed by atoms with van der Waals surface area (Å²) in [6.07, 6.45) is 0. The molecule has 0 radical (unpaired) electrons. The van der Waals surface area contributed by atoms with Gasteiger partial charge in [0, 0.05) is 0 Å². The number of hydrogen-bond acceptors (Lipinski definition) is 1. The van der Waals surface area contributed by atoms with Crippen LogP contribution in [0.5, 0.6) is 0 Å². The van der Waals surface area contributed by atoms with Gasteiger partial charge in [0.15, 0.2) is 0 Å². The Labute approximate surface area is 200 Å². The molecule has 0 aliphatic carbocycles. The summed E-state index contributed by atoms with van der Waals surface area (Å²) in [7, 11) is -2.09. The second-order valence-corrected chi connectivity index (χ2v) is 11.7. The van der Waals surface area contributed by atoms with Crippen molar-refractivity contribution in [3.05, 3.63) is 140 Å². The molecule has 162 valence electrons. The Morgan fingerprint density at radius 1 is 0.441 bits per heavy atom. The Bertz CT molecular complexity index is 1390. The van der Waals surface area contributed by atoms with Crippen LogP contribution in [-0.4, -0.2) is 4.98 Å². The molecule has 1 aromatic heterocycles. The first-order chi connectivity index (χ1) is 16.9. The fourth-order valence-electron chi connectivity index (χ4n) is 4.72. The maximum atomic E-state index is 4.75.